The highest BCUT2D eigenvalue weighted by Crippen LogP contribution is 2.44. The number of benzene rings is 1. The van der Waals surface area contributed by atoms with E-state index in [9.17, 15) is 14.9 Å². The molecule has 0 fully saturated rings. The largest absolute Gasteiger partial charge is 0.493 e. The molecule has 1 aliphatic carbocycles. The third-order valence-electron chi connectivity index (χ3n) is 5.67. The Labute approximate surface area is 187 Å². The molecule has 1 atom stereocenters. The van der Waals surface area contributed by atoms with Crippen LogP contribution in [-0.2, 0) is 4.79 Å². The molecule has 8 nitrogen and oxygen atoms in total. The van der Waals surface area contributed by atoms with Crippen molar-refractivity contribution in [2.75, 3.05) is 20.3 Å². The molecule has 1 unspecified atom stereocenters. The van der Waals surface area contributed by atoms with E-state index in [2.05, 4.69) is 12.2 Å². The number of hydrogen-bond acceptors (Lipinski definition) is 6. The summed E-state index contributed by atoms with van der Waals surface area (Å²) in [4.78, 5) is 26.2. The van der Waals surface area contributed by atoms with Gasteiger partial charge in [0.2, 0.25) is 5.75 Å². The number of ketones is 1. The van der Waals surface area contributed by atoms with Gasteiger partial charge in [0.15, 0.2) is 16.6 Å². The Bertz CT molecular complexity index is 915. The van der Waals surface area contributed by atoms with Gasteiger partial charge >= 0.3 is 5.69 Å². The van der Waals surface area contributed by atoms with Crippen LogP contribution in [0.2, 0.25) is 0 Å². The second kappa shape index (κ2) is 10.1. The maximum Gasteiger partial charge on any atom is 0.315 e. The molecule has 1 aliphatic heterocycles. The van der Waals surface area contributed by atoms with Crippen LogP contribution >= 0.6 is 12.2 Å². The van der Waals surface area contributed by atoms with Crippen LogP contribution in [0.1, 0.15) is 64.0 Å². The zero-order valence-corrected chi connectivity index (χ0v) is 19.0. The van der Waals surface area contributed by atoms with Crippen LogP contribution in [0, 0.1) is 10.1 Å². The fourth-order valence-corrected chi connectivity index (χ4v) is 4.53. The van der Waals surface area contributed by atoms with E-state index in [1.54, 1.807) is 6.07 Å². The highest BCUT2D eigenvalue weighted by molar-refractivity contribution is 7.80. The van der Waals surface area contributed by atoms with E-state index in [1.807, 2.05) is 11.8 Å². The van der Waals surface area contributed by atoms with Crippen molar-refractivity contribution in [3.05, 3.63) is 39.1 Å². The molecule has 0 bridgehead atoms. The quantitative estimate of drug-likeness (QED) is 0.257. The van der Waals surface area contributed by atoms with Crippen molar-refractivity contribution >= 4 is 28.8 Å². The number of nitro groups is 1. The summed E-state index contributed by atoms with van der Waals surface area (Å²) < 4.78 is 11.2. The van der Waals surface area contributed by atoms with Crippen LogP contribution in [-0.4, -0.2) is 41.0 Å². The van der Waals surface area contributed by atoms with E-state index in [4.69, 9.17) is 21.7 Å². The Kier molecular flexibility index (Phi) is 7.48. The molecule has 0 radical (unpaired) electrons. The predicted molar refractivity (Wildman–Crippen MR) is 121 cm³/mol. The molecule has 1 aromatic carbocycles. The molecule has 0 spiro atoms. The first-order chi connectivity index (χ1) is 14.9. The fourth-order valence-electron chi connectivity index (χ4n) is 4.17. The van der Waals surface area contributed by atoms with E-state index in [0.29, 0.717) is 35.8 Å². The average Bonchev–Trinajstić information content (AvgIpc) is 2.75. The number of methoxy groups -OCH3 is 1. The number of ether oxygens (including phenoxy) is 2. The van der Waals surface area contributed by atoms with Gasteiger partial charge in [-0.3, -0.25) is 14.9 Å². The lowest BCUT2D eigenvalue weighted by molar-refractivity contribution is -0.386. The normalized spacial score (nSPS) is 18.5. The average molecular weight is 448 g/mol. The number of rotatable bonds is 9. The molecule has 31 heavy (non-hydrogen) atoms. The molecule has 1 N–H and O–H groups in total. The Hall–Kier alpha value is -2.68. The van der Waals surface area contributed by atoms with Gasteiger partial charge in [-0.2, -0.15) is 0 Å². The zero-order valence-electron chi connectivity index (χ0n) is 18.2. The second-order valence-corrected chi connectivity index (χ2v) is 8.03. The van der Waals surface area contributed by atoms with E-state index in [0.717, 1.165) is 37.8 Å². The minimum absolute atomic E-state index is 0.0428. The van der Waals surface area contributed by atoms with Crippen molar-refractivity contribution in [3.63, 3.8) is 0 Å². The van der Waals surface area contributed by atoms with Gasteiger partial charge in [0.1, 0.15) is 0 Å². The smallest absolute Gasteiger partial charge is 0.315 e. The highest BCUT2D eigenvalue weighted by Gasteiger charge is 2.38. The Morgan fingerprint density at radius 1 is 1.29 bits per heavy atom. The molecule has 2 aliphatic rings. The van der Waals surface area contributed by atoms with Crippen molar-refractivity contribution in [3.8, 4) is 11.5 Å². The number of nitro benzene ring substituents is 1. The van der Waals surface area contributed by atoms with Crippen molar-refractivity contribution < 1.29 is 19.2 Å². The lowest BCUT2D eigenvalue weighted by Crippen LogP contribution is -2.49. The van der Waals surface area contributed by atoms with Gasteiger partial charge in [0, 0.05) is 30.3 Å². The van der Waals surface area contributed by atoms with Gasteiger partial charge in [-0.1, -0.05) is 19.8 Å². The van der Waals surface area contributed by atoms with Gasteiger partial charge in [0.25, 0.3) is 0 Å². The highest BCUT2D eigenvalue weighted by atomic mass is 32.1. The molecular weight excluding hydrogens is 418 g/mol. The van der Waals surface area contributed by atoms with Crippen LogP contribution in [0.15, 0.2) is 23.4 Å². The summed E-state index contributed by atoms with van der Waals surface area (Å²) in [5.74, 6) is 0.433. The van der Waals surface area contributed by atoms with Crippen LogP contribution in [0.4, 0.5) is 5.69 Å². The van der Waals surface area contributed by atoms with E-state index >= 15 is 0 Å². The first-order valence-corrected chi connectivity index (χ1v) is 11.2. The van der Waals surface area contributed by atoms with Crippen LogP contribution in [0.3, 0.4) is 0 Å². The number of nitrogens with zero attached hydrogens (tertiary/aromatic N) is 2. The third-order valence-corrected chi connectivity index (χ3v) is 6.01. The molecule has 1 aromatic rings. The van der Waals surface area contributed by atoms with Crippen molar-refractivity contribution in [1.82, 2.24) is 10.2 Å². The predicted octanol–water partition coefficient (Wildman–Crippen LogP) is 4.43. The van der Waals surface area contributed by atoms with E-state index in [-0.39, 0.29) is 23.0 Å². The van der Waals surface area contributed by atoms with Gasteiger partial charge in [-0.25, -0.2) is 0 Å². The summed E-state index contributed by atoms with van der Waals surface area (Å²) >= 11 is 5.54. The molecule has 3 rings (SSSR count). The van der Waals surface area contributed by atoms with E-state index in [1.165, 1.54) is 13.2 Å². The Morgan fingerprint density at radius 2 is 2.06 bits per heavy atom. The van der Waals surface area contributed by atoms with Gasteiger partial charge in [-0.15, -0.1) is 0 Å². The summed E-state index contributed by atoms with van der Waals surface area (Å²) in [6, 6.07) is 2.61. The van der Waals surface area contributed by atoms with Crippen LogP contribution < -0.4 is 14.8 Å². The van der Waals surface area contributed by atoms with Gasteiger partial charge in [-0.05, 0) is 50.0 Å². The number of nitrogens with one attached hydrogen (secondary N) is 1. The molecule has 1 heterocycles. The minimum Gasteiger partial charge on any atom is -0.493 e. The summed E-state index contributed by atoms with van der Waals surface area (Å²) in [6.45, 7) is 5.08. The minimum atomic E-state index is -0.556. The maximum absolute atomic E-state index is 12.9. The van der Waals surface area contributed by atoms with Gasteiger partial charge in [0.05, 0.1) is 24.7 Å². The van der Waals surface area contributed by atoms with Gasteiger partial charge < -0.3 is 19.7 Å². The second-order valence-electron chi connectivity index (χ2n) is 7.65. The Balaban J connectivity index is 2.07. The molecule has 168 valence electrons. The number of unbranched alkanes of at least 4 members (excludes halogenated alkanes) is 2. The molecular formula is C22H29N3O5S. The number of hydrogen-bond donors (Lipinski definition) is 1. The first kappa shape index (κ1) is 23.0. The molecule has 0 saturated heterocycles. The summed E-state index contributed by atoms with van der Waals surface area (Å²) in [7, 11) is 1.45. The first-order valence-electron chi connectivity index (χ1n) is 10.8. The topological polar surface area (TPSA) is 93.9 Å². The van der Waals surface area contributed by atoms with Crippen molar-refractivity contribution in [1.29, 1.82) is 0 Å². The van der Waals surface area contributed by atoms with Crippen LogP contribution in [0.25, 0.3) is 0 Å². The number of allylic oxidation sites excluding steroid dienone is 1. The van der Waals surface area contributed by atoms with E-state index < -0.39 is 11.0 Å². The summed E-state index contributed by atoms with van der Waals surface area (Å²) in [5, 5.41) is 15.6. The maximum atomic E-state index is 12.9. The number of thiocarbonyl (C=S) groups is 1. The standard InChI is InChI=1S/C22H29N3O5S/c1-4-6-7-11-30-21-16(25(27)28)12-14(13-18(21)29-3)20-19-15(9-8-10-17(19)26)24(5-2)22(31)23-20/h12-13,20H,4-11H2,1-3H3,(H,23,31). The SMILES string of the molecule is CCCCCOc1c(OC)cc(C2NC(=S)N(CC)C3=C2C(=O)CCC3)cc1[N+](=O)[O-]. The molecule has 0 aromatic heterocycles. The summed E-state index contributed by atoms with van der Waals surface area (Å²) in [6.07, 6.45) is 4.79. The lowest BCUT2D eigenvalue weighted by atomic mass is 9.84. The number of Topliss-reactive ketones (excluding diaryl/α,β-unsaturated/α-hetero) is 1. The summed E-state index contributed by atoms with van der Waals surface area (Å²) in [5.41, 5.74) is 1.93. The van der Waals surface area contributed by atoms with Crippen LogP contribution in [0.5, 0.6) is 11.5 Å². The lowest BCUT2D eigenvalue weighted by Gasteiger charge is -2.40. The Morgan fingerprint density at radius 3 is 2.71 bits per heavy atom. The third kappa shape index (κ3) is 4.66. The van der Waals surface area contributed by atoms with Crippen molar-refractivity contribution in [2.45, 2.75) is 58.4 Å². The number of carbonyl (C=O) groups excluding carboxylic acids is 1. The molecule has 0 saturated carbocycles. The molecule has 0 amide bonds. The fraction of sp³-hybridized carbons (Fsp3) is 0.545. The van der Waals surface area contributed by atoms with Crippen molar-refractivity contribution in [2.24, 2.45) is 0 Å². The molecule has 9 heteroatoms. The number of carbonyl (C=O) groups is 1. The zero-order chi connectivity index (χ0) is 22.5. The monoisotopic (exact) mass is 447 g/mol.